The van der Waals surface area contributed by atoms with Crippen LogP contribution in [0, 0.1) is 6.92 Å². The predicted molar refractivity (Wildman–Crippen MR) is 72.0 cm³/mol. The molecule has 0 spiro atoms. The van der Waals surface area contributed by atoms with E-state index in [1.54, 1.807) is 6.92 Å². The number of methoxy groups -OCH3 is 1. The molecule has 1 aliphatic rings. The quantitative estimate of drug-likeness (QED) is 0.768. The summed E-state index contributed by atoms with van der Waals surface area (Å²) in [5.74, 6) is 0.331. The van der Waals surface area contributed by atoms with Gasteiger partial charge >= 0.3 is 0 Å². The van der Waals surface area contributed by atoms with Gasteiger partial charge in [0.2, 0.25) is 0 Å². The third-order valence-electron chi connectivity index (χ3n) is 3.13. The van der Waals surface area contributed by atoms with Crippen LogP contribution in [-0.2, 0) is 21.2 Å². The highest BCUT2D eigenvalue weighted by molar-refractivity contribution is 7.91. The monoisotopic (exact) mass is 299 g/mol. The molecule has 0 aliphatic carbocycles. The zero-order valence-corrected chi connectivity index (χ0v) is 12.3. The van der Waals surface area contributed by atoms with Crippen LogP contribution in [0.5, 0.6) is 0 Å². The zero-order valence-electron chi connectivity index (χ0n) is 11.5. The molecule has 1 aromatic heterocycles. The molecule has 7 nitrogen and oxygen atoms in total. The van der Waals surface area contributed by atoms with Crippen molar-refractivity contribution in [2.24, 2.45) is 0 Å². The Kier molecular flexibility index (Phi) is 4.34. The van der Waals surface area contributed by atoms with E-state index in [-0.39, 0.29) is 37.1 Å². The Morgan fingerprint density at radius 1 is 1.40 bits per heavy atom. The molecule has 8 heteroatoms. The smallest absolute Gasteiger partial charge is 0.257 e. The van der Waals surface area contributed by atoms with Gasteiger partial charge in [-0.2, -0.15) is 0 Å². The number of aromatic nitrogens is 2. The molecule has 0 bridgehead atoms. The minimum absolute atomic E-state index is 0.00503. The first-order chi connectivity index (χ1) is 9.43. The molecule has 1 amide bonds. The van der Waals surface area contributed by atoms with Crippen LogP contribution in [0.1, 0.15) is 21.9 Å². The zero-order chi connectivity index (χ0) is 14.8. The van der Waals surface area contributed by atoms with Crippen LogP contribution in [0.25, 0.3) is 0 Å². The van der Waals surface area contributed by atoms with Gasteiger partial charge in [-0.05, 0) is 6.92 Å². The van der Waals surface area contributed by atoms with Crippen molar-refractivity contribution < 1.29 is 17.9 Å². The first-order valence-corrected chi connectivity index (χ1v) is 8.06. The number of ether oxygens (including phenoxy) is 1. The number of amides is 1. The van der Waals surface area contributed by atoms with Crippen molar-refractivity contribution in [3.63, 3.8) is 0 Å². The van der Waals surface area contributed by atoms with Crippen molar-refractivity contribution in [2.45, 2.75) is 13.5 Å². The Hall–Kier alpha value is -1.54. The second-order valence-corrected chi connectivity index (χ2v) is 6.96. The minimum Gasteiger partial charge on any atom is -0.378 e. The largest absolute Gasteiger partial charge is 0.378 e. The molecule has 1 aliphatic heterocycles. The molecular weight excluding hydrogens is 282 g/mol. The summed E-state index contributed by atoms with van der Waals surface area (Å²) in [6.45, 7) is 2.38. The molecule has 0 saturated carbocycles. The number of nitrogens with zero attached hydrogens (tertiary/aromatic N) is 3. The highest BCUT2D eigenvalue weighted by Crippen LogP contribution is 2.13. The normalized spacial score (nSPS) is 18.0. The Balaban J connectivity index is 2.21. The summed E-state index contributed by atoms with van der Waals surface area (Å²) in [4.78, 5) is 22.2. The van der Waals surface area contributed by atoms with E-state index in [1.165, 1.54) is 18.2 Å². The topological polar surface area (TPSA) is 89.5 Å². The fourth-order valence-corrected chi connectivity index (χ4v) is 3.23. The molecule has 0 aromatic carbocycles. The van der Waals surface area contributed by atoms with Crippen LogP contribution < -0.4 is 0 Å². The van der Waals surface area contributed by atoms with Crippen molar-refractivity contribution in [1.29, 1.82) is 0 Å². The molecule has 1 saturated heterocycles. The van der Waals surface area contributed by atoms with Crippen LogP contribution in [0.15, 0.2) is 6.20 Å². The van der Waals surface area contributed by atoms with Crippen molar-refractivity contribution in [3.8, 4) is 0 Å². The van der Waals surface area contributed by atoms with Crippen LogP contribution >= 0.6 is 0 Å². The Morgan fingerprint density at radius 3 is 2.65 bits per heavy atom. The third-order valence-corrected chi connectivity index (χ3v) is 4.74. The van der Waals surface area contributed by atoms with E-state index in [1.807, 2.05) is 0 Å². The fourth-order valence-electron chi connectivity index (χ4n) is 2.03. The van der Waals surface area contributed by atoms with Gasteiger partial charge in [0, 0.05) is 26.4 Å². The highest BCUT2D eigenvalue weighted by atomic mass is 32.2. The number of sulfone groups is 1. The number of carbonyl (C=O) groups excluding carboxylic acids is 1. The third kappa shape index (κ3) is 3.31. The summed E-state index contributed by atoms with van der Waals surface area (Å²) < 4.78 is 27.8. The lowest BCUT2D eigenvalue weighted by Gasteiger charge is -2.27. The maximum atomic E-state index is 12.4. The maximum Gasteiger partial charge on any atom is 0.257 e. The number of hydrogen-bond donors (Lipinski definition) is 0. The first-order valence-electron chi connectivity index (χ1n) is 6.24. The van der Waals surface area contributed by atoms with Gasteiger partial charge in [-0.1, -0.05) is 0 Å². The van der Waals surface area contributed by atoms with Gasteiger partial charge in [0.15, 0.2) is 9.84 Å². The maximum absolute atomic E-state index is 12.4. The van der Waals surface area contributed by atoms with Gasteiger partial charge in [0.1, 0.15) is 5.82 Å². The average Bonchev–Trinajstić information content (AvgIpc) is 2.38. The van der Waals surface area contributed by atoms with Gasteiger partial charge in [-0.25, -0.2) is 18.4 Å². The van der Waals surface area contributed by atoms with Gasteiger partial charge in [0.05, 0.1) is 29.4 Å². The highest BCUT2D eigenvalue weighted by Gasteiger charge is 2.27. The Morgan fingerprint density at radius 2 is 2.05 bits per heavy atom. The van der Waals surface area contributed by atoms with Crippen molar-refractivity contribution in [2.75, 3.05) is 31.7 Å². The van der Waals surface area contributed by atoms with E-state index in [4.69, 9.17) is 4.74 Å². The summed E-state index contributed by atoms with van der Waals surface area (Å²) in [5.41, 5.74) is 0.898. The summed E-state index contributed by atoms with van der Waals surface area (Å²) in [6.07, 6.45) is 1.47. The van der Waals surface area contributed by atoms with Gasteiger partial charge in [-0.15, -0.1) is 0 Å². The van der Waals surface area contributed by atoms with Crippen LogP contribution in [0.3, 0.4) is 0 Å². The Bertz CT molecular complexity index is 601. The summed E-state index contributed by atoms with van der Waals surface area (Å²) in [5, 5.41) is 0. The number of aryl methyl sites for hydroxylation is 1. The van der Waals surface area contributed by atoms with Crippen LogP contribution in [-0.4, -0.2) is 60.9 Å². The molecule has 2 rings (SSSR count). The molecule has 20 heavy (non-hydrogen) atoms. The SMILES string of the molecule is COCc1nc(C)ncc1C(=O)N1CCS(=O)(=O)CC1. The molecule has 0 N–H and O–H groups in total. The van der Waals surface area contributed by atoms with E-state index >= 15 is 0 Å². The van der Waals surface area contributed by atoms with E-state index in [0.717, 1.165) is 0 Å². The molecule has 0 radical (unpaired) electrons. The Labute approximate surface area is 117 Å². The van der Waals surface area contributed by atoms with Crippen molar-refractivity contribution in [3.05, 3.63) is 23.3 Å². The van der Waals surface area contributed by atoms with E-state index in [9.17, 15) is 13.2 Å². The standard InChI is InChI=1S/C12H17N3O4S/c1-9-13-7-10(11(14-9)8-19-2)12(16)15-3-5-20(17,18)6-4-15/h7H,3-6,8H2,1-2H3. The fraction of sp³-hybridized carbons (Fsp3) is 0.583. The van der Waals surface area contributed by atoms with E-state index in [2.05, 4.69) is 9.97 Å². The van der Waals surface area contributed by atoms with Crippen molar-refractivity contribution in [1.82, 2.24) is 14.9 Å². The lowest BCUT2D eigenvalue weighted by Crippen LogP contribution is -2.44. The summed E-state index contributed by atoms with van der Waals surface area (Å²) in [6, 6.07) is 0. The van der Waals surface area contributed by atoms with E-state index in [0.29, 0.717) is 17.1 Å². The van der Waals surface area contributed by atoms with Gasteiger partial charge in [-0.3, -0.25) is 4.79 Å². The number of hydrogen-bond acceptors (Lipinski definition) is 6. The van der Waals surface area contributed by atoms with Gasteiger partial charge in [0.25, 0.3) is 5.91 Å². The lowest BCUT2D eigenvalue weighted by molar-refractivity contribution is 0.0763. The molecule has 0 unspecified atom stereocenters. The molecule has 110 valence electrons. The average molecular weight is 299 g/mol. The second kappa shape index (κ2) is 5.84. The molecule has 2 heterocycles. The van der Waals surface area contributed by atoms with Crippen molar-refractivity contribution >= 4 is 15.7 Å². The number of rotatable bonds is 3. The summed E-state index contributed by atoms with van der Waals surface area (Å²) >= 11 is 0. The second-order valence-electron chi connectivity index (χ2n) is 4.65. The first kappa shape index (κ1) is 14.9. The molecule has 1 aromatic rings. The molecule has 0 atom stereocenters. The van der Waals surface area contributed by atoms with Crippen LogP contribution in [0.4, 0.5) is 0 Å². The van der Waals surface area contributed by atoms with Gasteiger partial charge < -0.3 is 9.64 Å². The molecular formula is C12H17N3O4S. The molecule has 1 fully saturated rings. The lowest BCUT2D eigenvalue weighted by atomic mass is 10.2. The minimum atomic E-state index is -3.01. The van der Waals surface area contributed by atoms with E-state index < -0.39 is 9.84 Å². The predicted octanol–water partition coefficient (Wildman–Crippen LogP) is -0.198. The number of carbonyl (C=O) groups is 1. The van der Waals surface area contributed by atoms with Crippen LogP contribution in [0.2, 0.25) is 0 Å². The summed E-state index contributed by atoms with van der Waals surface area (Å²) in [7, 11) is -1.48.